The average Bonchev–Trinajstić information content (AvgIpc) is 3.32. The van der Waals surface area contributed by atoms with Gasteiger partial charge >= 0.3 is 0 Å². The minimum Gasteiger partial charge on any atom is -0.365 e. The molecule has 1 amide bonds. The second kappa shape index (κ2) is 9.22. The molecule has 0 radical (unpaired) electrons. The van der Waals surface area contributed by atoms with Gasteiger partial charge in [0.25, 0.3) is 5.91 Å². The fourth-order valence-electron chi connectivity index (χ4n) is 3.59. The SMILES string of the molecule is N#Cc1cccnc1NCc1cccc(C(=O)Nc2ccc(-n3cnc4ccccc43)nc2)c1. The van der Waals surface area contributed by atoms with Crippen molar-refractivity contribution in [2.24, 2.45) is 0 Å². The predicted octanol–water partition coefficient (Wildman–Crippen LogP) is 4.55. The van der Waals surface area contributed by atoms with Gasteiger partial charge < -0.3 is 10.6 Å². The third-order valence-electron chi connectivity index (χ3n) is 5.28. The number of nitrogens with one attached hydrogen (secondary N) is 2. The highest BCUT2D eigenvalue weighted by Crippen LogP contribution is 2.18. The highest BCUT2D eigenvalue weighted by atomic mass is 16.1. The van der Waals surface area contributed by atoms with Crippen molar-refractivity contribution in [2.75, 3.05) is 10.6 Å². The zero-order chi connectivity index (χ0) is 23.3. The number of carbonyl (C=O) groups excluding carboxylic acids is 1. The van der Waals surface area contributed by atoms with E-state index in [9.17, 15) is 10.1 Å². The molecule has 0 saturated carbocycles. The molecular formula is C26H19N7O. The second-order valence-corrected chi connectivity index (χ2v) is 7.53. The summed E-state index contributed by atoms with van der Waals surface area (Å²) in [6.45, 7) is 0.432. The summed E-state index contributed by atoms with van der Waals surface area (Å²) in [5, 5.41) is 15.2. The first-order valence-corrected chi connectivity index (χ1v) is 10.6. The van der Waals surface area contributed by atoms with Crippen molar-refractivity contribution in [1.29, 1.82) is 5.26 Å². The van der Waals surface area contributed by atoms with Crippen LogP contribution < -0.4 is 10.6 Å². The first-order valence-electron chi connectivity index (χ1n) is 10.6. The standard InChI is InChI=1S/C26H19N7O/c27-14-20-7-4-12-28-25(20)30-15-18-5-3-6-19(13-18)26(34)32-21-10-11-24(29-16-21)33-17-31-22-8-1-2-9-23(22)33/h1-13,16-17H,15H2,(H,28,30)(H,32,34). The minimum absolute atomic E-state index is 0.236. The second-order valence-electron chi connectivity index (χ2n) is 7.53. The summed E-state index contributed by atoms with van der Waals surface area (Å²) < 4.78 is 1.90. The van der Waals surface area contributed by atoms with Crippen LogP contribution in [0.2, 0.25) is 0 Å². The number of anilines is 2. The molecule has 3 aromatic heterocycles. The summed E-state index contributed by atoms with van der Waals surface area (Å²) in [6, 6.07) is 24.3. The molecule has 0 aliphatic heterocycles. The van der Waals surface area contributed by atoms with Crippen LogP contribution in [0.5, 0.6) is 0 Å². The summed E-state index contributed by atoms with van der Waals surface area (Å²) in [5.74, 6) is 0.989. The Morgan fingerprint density at radius 2 is 1.88 bits per heavy atom. The molecule has 0 fully saturated rings. The monoisotopic (exact) mass is 445 g/mol. The lowest BCUT2D eigenvalue weighted by atomic mass is 10.1. The molecule has 8 nitrogen and oxygen atoms in total. The number of amides is 1. The quantitative estimate of drug-likeness (QED) is 0.397. The van der Waals surface area contributed by atoms with E-state index in [0.717, 1.165) is 16.6 Å². The van der Waals surface area contributed by atoms with Crippen molar-refractivity contribution in [3.63, 3.8) is 0 Å². The molecule has 8 heteroatoms. The number of carbonyl (C=O) groups is 1. The Labute approximate surface area is 195 Å². The van der Waals surface area contributed by atoms with E-state index in [1.165, 1.54) is 0 Å². The summed E-state index contributed by atoms with van der Waals surface area (Å²) >= 11 is 0. The molecule has 0 atom stereocenters. The van der Waals surface area contributed by atoms with Crippen molar-refractivity contribution in [3.8, 4) is 11.9 Å². The van der Waals surface area contributed by atoms with Gasteiger partial charge in [-0.15, -0.1) is 0 Å². The van der Waals surface area contributed by atoms with Gasteiger partial charge in [-0.3, -0.25) is 9.36 Å². The molecule has 0 aliphatic carbocycles. The number of hydrogen-bond acceptors (Lipinski definition) is 6. The topological polar surface area (TPSA) is 109 Å². The van der Waals surface area contributed by atoms with E-state index in [1.807, 2.05) is 53.1 Å². The number of hydrogen-bond donors (Lipinski definition) is 2. The van der Waals surface area contributed by atoms with Crippen molar-refractivity contribution >= 4 is 28.4 Å². The summed E-state index contributed by atoms with van der Waals surface area (Å²) in [6.07, 6.45) is 4.98. The van der Waals surface area contributed by atoms with Crippen molar-refractivity contribution < 1.29 is 4.79 Å². The van der Waals surface area contributed by atoms with E-state index in [0.29, 0.717) is 35.0 Å². The van der Waals surface area contributed by atoms with Crippen LogP contribution in [-0.4, -0.2) is 25.4 Å². The van der Waals surface area contributed by atoms with Crippen LogP contribution >= 0.6 is 0 Å². The third kappa shape index (κ3) is 4.31. The number of imidazole rings is 1. The zero-order valence-electron chi connectivity index (χ0n) is 18.0. The van der Waals surface area contributed by atoms with Crippen molar-refractivity contribution in [2.45, 2.75) is 6.54 Å². The Morgan fingerprint density at radius 3 is 2.74 bits per heavy atom. The molecule has 0 saturated heterocycles. The van der Waals surface area contributed by atoms with Crippen LogP contribution in [0.1, 0.15) is 21.5 Å². The first kappa shape index (κ1) is 20.8. The molecule has 5 aromatic rings. The summed E-state index contributed by atoms with van der Waals surface area (Å²) in [4.78, 5) is 25.9. The Hall–Kier alpha value is -5.03. The first-order chi connectivity index (χ1) is 16.7. The van der Waals surface area contributed by atoms with Crippen LogP contribution in [0.15, 0.2) is 91.5 Å². The number of pyridine rings is 2. The van der Waals surface area contributed by atoms with Crippen LogP contribution in [0.25, 0.3) is 16.9 Å². The van der Waals surface area contributed by atoms with Gasteiger partial charge in [0.1, 0.15) is 24.0 Å². The van der Waals surface area contributed by atoms with E-state index < -0.39 is 0 Å². The number of para-hydroxylation sites is 2. The molecule has 0 spiro atoms. The van der Waals surface area contributed by atoms with Gasteiger partial charge in [-0.05, 0) is 54.1 Å². The highest BCUT2D eigenvalue weighted by Gasteiger charge is 2.10. The number of nitriles is 1. The van der Waals surface area contributed by atoms with E-state index in [-0.39, 0.29) is 5.91 Å². The lowest BCUT2D eigenvalue weighted by Gasteiger charge is -2.10. The molecule has 34 heavy (non-hydrogen) atoms. The highest BCUT2D eigenvalue weighted by molar-refractivity contribution is 6.04. The molecule has 0 unspecified atom stereocenters. The molecule has 0 bridgehead atoms. The van der Waals surface area contributed by atoms with Crippen molar-refractivity contribution in [1.82, 2.24) is 19.5 Å². The molecule has 164 valence electrons. The Balaban J connectivity index is 1.27. The Kier molecular flexibility index (Phi) is 5.65. The van der Waals surface area contributed by atoms with E-state index in [1.54, 1.807) is 43.0 Å². The van der Waals surface area contributed by atoms with Gasteiger partial charge in [0.05, 0.1) is 28.5 Å². The van der Waals surface area contributed by atoms with Gasteiger partial charge in [0, 0.05) is 18.3 Å². The van der Waals surface area contributed by atoms with Crippen LogP contribution in [0.3, 0.4) is 0 Å². The number of benzene rings is 2. The smallest absolute Gasteiger partial charge is 0.255 e. The number of rotatable bonds is 6. The van der Waals surface area contributed by atoms with Crippen LogP contribution in [0.4, 0.5) is 11.5 Å². The van der Waals surface area contributed by atoms with Gasteiger partial charge in [0.15, 0.2) is 0 Å². The average molecular weight is 445 g/mol. The van der Waals surface area contributed by atoms with Gasteiger partial charge in [-0.25, -0.2) is 15.0 Å². The van der Waals surface area contributed by atoms with Gasteiger partial charge in [-0.2, -0.15) is 5.26 Å². The molecule has 2 N–H and O–H groups in total. The molecule has 3 heterocycles. The minimum atomic E-state index is -0.236. The van der Waals surface area contributed by atoms with Gasteiger partial charge in [0.2, 0.25) is 0 Å². The van der Waals surface area contributed by atoms with E-state index in [2.05, 4.69) is 31.7 Å². The largest absolute Gasteiger partial charge is 0.365 e. The molecular weight excluding hydrogens is 426 g/mol. The molecule has 0 aliphatic rings. The Bertz CT molecular complexity index is 1520. The van der Waals surface area contributed by atoms with Crippen LogP contribution in [-0.2, 0) is 6.54 Å². The lowest BCUT2D eigenvalue weighted by Crippen LogP contribution is -2.13. The maximum absolute atomic E-state index is 12.8. The number of fused-ring (bicyclic) bond motifs is 1. The summed E-state index contributed by atoms with van der Waals surface area (Å²) in [7, 11) is 0. The van der Waals surface area contributed by atoms with Crippen molar-refractivity contribution in [3.05, 3.63) is 108 Å². The maximum atomic E-state index is 12.8. The Morgan fingerprint density at radius 1 is 0.971 bits per heavy atom. The summed E-state index contributed by atoms with van der Waals surface area (Å²) in [5.41, 5.74) is 4.32. The zero-order valence-corrected chi connectivity index (χ0v) is 18.0. The fourth-order valence-corrected chi connectivity index (χ4v) is 3.59. The van der Waals surface area contributed by atoms with E-state index in [4.69, 9.17) is 0 Å². The van der Waals surface area contributed by atoms with Crippen LogP contribution in [0, 0.1) is 11.3 Å². The molecule has 5 rings (SSSR count). The van der Waals surface area contributed by atoms with E-state index >= 15 is 0 Å². The normalized spacial score (nSPS) is 10.6. The maximum Gasteiger partial charge on any atom is 0.255 e. The lowest BCUT2D eigenvalue weighted by molar-refractivity contribution is 0.102. The number of aromatic nitrogens is 4. The number of nitrogens with zero attached hydrogens (tertiary/aromatic N) is 5. The predicted molar refractivity (Wildman–Crippen MR) is 130 cm³/mol. The molecule has 2 aromatic carbocycles. The fraction of sp³-hybridized carbons (Fsp3) is 0.0385. The third-order valence-corrected chi connectivity index (χ3v) is 5.28. The van der Waals surface area contributed by atoms with Gasteiger partial charge in [-0.1, -0.05) is 24.3 Å².